The maximum atomic E-state index is 11.7. The van der Waals surface area contributed by atoms with Crippen molar-refractivity contribution in [3.63, 3.8) is 0 Å². The number of aryl methyl sites for hydroxylation is 2. The first-order valence-corrected chi connectivity index (χ1v) is 8.30. The molecular weight excluding hydrogens is 288 g/mol. The van der Waals surface area contributed by atoms with E-state index in [1.807, 2.05) is 4.57 Å². The number of aromatic nitrogens is 1. The van der Waals surface area contributed by atoms with Gasteiger partial charge in [-0.1, -0.05) is 6.92 Å². The van der Waals surface area contributed by atoms with Crippen LogP contribution in [0.15, 0.2) is 22.7 Å². The molecule has 0 aliphatic rings. The monoisotopic (exact) mass is 307 g/mol. The van der Waals surface area contributed by atoms with Crippen molar-refractivity contribution >= 4 is 34.6 Å². The molecule has 0 aliphatic heterocycles. The van der Waals surface area contributed by atoms with E-state index in [9.17, 15) is 4.79 Å². The molecule has 2 heterocycles. The van der Waals surface area contributed by atoms with Crippen LogP contribution in [0.3, 0.4) is 0 Å². The fourth-order valence-corrected chi connectivity index (χ4v) is 4.49. The summed E-state index contributed by atoms with van der Waals surface area (Å²) in [6.45, 7) is 7.79. The van der Waals surface area contributed by atoms with Gasteiger partial charge in [0.1, 0.15) is 14.8 Å². The van der Waals surface area contributed by atoms with Crippen LogP contribution in [-0.4, -0.2) is 11.5 Å². The van der Waals surface area contributed by atoms with E-state index in [0.29, 0.717) is 10.6 Å². The lowest BCUT2D eigenvalue weighted by molar-refractivity contribution is -0.597. The number of carbonyl (C=O) groups is 1. The number of hydrogen-bond donors (Lipinski definition) is 1. The van der Waals surface area contributed by atoms with Crippen LogP contribution in [0.2, 0.25) is 0 Å². The van der Waals surface area contributed by atoms with Crippen molar-refractivity contribution in [3.8, 4) is 5.69 Å². The molecule has 5 heteroatoms. The third-order valence-corrected chi connectivity index (χ3v) is 5.32. The Labute approximate surface area is 127 Å². The van der Waals surface area contributed by atoms with Crippen molar-refractivity contribution in [1.82, 2.24) is 0 Å². The maximum absolute atomic E-state index is 11.7. The molecule has 0 aliphatic carbocycles. The fraction of sp³-hybridized carbons (Fsp3) is 0.333. The number of hydrogen-bond acceptors (Lipinski definition) is 4. The standard InChI is InChI=1S/C15H18N2OS2/c1-5-19-15-13(12(16)14(20-15)11(4)18)17-7-9(2)6-10(3)8-17/h6-8H,5H2,1-4H3,(H-,16,18)/p+1. The highest BCUT2D eigenvalue weighted by molar-refractivity contribution is 8.01. The van der Waals surface area contributed by atoms with Crippen LogP contribution in [0.4, 0.5) is 5.69 Å². The molecule has 3 nitrogen and oxygen atoms in total. The van der Waals surface area contributed by atoms with Crippen LogP contribution in [-0.2, 0) is 0 Å². The van der Waals surface area contributed by atoms with Crippen molar-refractivity contribution in [1.29, 1.82) is 0 Å². The van der Waals surface area contributed by atoms with Crippen LogP contribution in [0.5, 0.6) is 0 Å². The molecule has 0 aromatic carbocycles. The quantitative estimate of drug-likeness (QED) is 0.534. The zero-order chi connectivity index (χ0) is 14.9. The number of nitrogen functional groups attached to an aromatic ring is 1. The number of nitrogens with two attached hydrogens (primary N) is 1. The molecule has 0 spiro atoms. The molecular formula is C15H19N2OS2+. The van der Waals surface area contributed by atoms with Crippen LogP contribution in [0.25, 0.3) is 5.69 Å². The molecule has 0 saturated carbocycles. The molecule has 2 N–H and O–H groups in total. The van der Waals surface area contributed by atoms with Gasteiger partial charge in [0.25, 0.3) is 5.69 Å². The normalized spacial score (nSPS) is 10.8. The van der Waals surface area contributed by atoms with Crippen LogP contribution < -0.4 is 10.3 Å². The molecule has 0 saturated heterocycles. The van der Waals surface area contributed by atoms with Gasteiger partial charge in [-0.05, 0) is 25.7 Å². The van der Waals surface area contributed by atoms with E-state index in [-0.39, 0.29) is 5.78 Å². The molecule has 2 rings (SSSR count). The van der Waals surface area contributed by atoms with E-state index in [4.69, 9.17) is 5.73 Å². The van der Waals surface area contributed by atoms with Gasteiger partial charge in [0.15, 0.2) is 18.2 Å². The Hall–Kier alpha value is -1.33. The Kier molecular flexibility index (Phi) is 4.50. The number of Topliss-reactive ketones (excluding diaryl/α,β-unsaturated/α-hetero) is 1. The van der Waals surface area contributed by atoms with Gasteiger partial charge in [-0.15, -0.1) is 23.1 Å². The van der Waals surface area contributed by atoms with Gasteiger partial charge < -0.3 is 5.73 Å². The topological polar surface area (TPSA) is 47.0 Å². The van der Waals surface area contributed by atoms with Gasteiger partial charge in [-0.2, -0.15) is 4.57 Å². The van der Waals surface area contributed by atoms with Gasteiger partial charge in [-0.25, -0.2) is 0 Å². The Balaban J connectivity index is 2.67. The third-order valence-electron chi connectivity index (χ3n) is 2.88. The minimum Gasteiger partial charge on any atom is -0.392 e. The van der Waals surface area contributed by atoms with Crippen molar-refractivity contribution in [2.45, 2.75) is 31.9 Å². The van der Waals surface area contributed by atoms with Crippen LogP contribution >= 0.6 is 23.1 Å². The highest BCUT2D eigenvalue weighted by Gasteiger charge is 2.26. The molecule has 20 heavy (non-hydrogen) atoms. The summed E-state index contributed by atoms with van der Waals surface area (Å²) in [4.78, 5) is 12.4. The van der Waals surface area contributed by atoms with Gasteiger partial charge in [0.2, 0.25) is 0 Å². The Bertz CT molecular complexity index is 642. The molecule has 0 amide bonds. The molecule has 0 radical (unpaired) electrons. The molecule has 106 valence electrons. The van der Waals surface area contributed by atoms with Crippen molar-refractivity contribution < 1.29 is 9.36 Å². The summed E-state index contributed by atoms with van der Waals surface area (Å²) in [5.74, 6) is 0.983. The summed E-state index contributed by atoms with van der Waals surface area (Å²) >= 11 is 3.22. The number of rotatable bonds is 4. The minimum absolute atomic E-state index is 0.0293. The van der Waals surface area contributed by atoms with Crippen molar-refractivity contribution in [2.24, 2.45) is 0 Å². The Morgan fingerprint density at radius 3 is 2.45 bits per heavy atom. The summed E-state index contributed by atoms with van der Waals surface area (Å²) in [7, 11) is 0. The SMILES string of the molecule is CCSc1sc(C(C)=O)c(N)c1-[n+]1cc(C)cc(C)c1. The first-order chi connectivity index (χ1) is 9.43. The summed E-state index contributed by atoms with van der Waals surface area (Å²) in [6, 6.07) is 2.12. The lowest BCUT2D eigenvalue weighted by Crippen LogP contribution is -2.32. The number of carbonyl (C=O) groups excluding carboxylic acids is 1. The molecule has 2 aromatic heterocycles. The Morgan fingerprint density at radius 2 is 1.95 bits per heavy atom. The average molecular weight is 307 g/mol. The smallest absolute Gasteiger partial charge is 0.259 e. The number of pyridine rings is 1. The van der Waals surface area contributed by atoms with Gasteiger partial charge in [0.05, 0.1) is 0 Å². The minimum atomic E-state index is 0.0293. The number of thioether (sulfide) groups is 1. The first-order valence-electron chi connectivity index (χ1n) is 6.50. The van der Waals surface area contributed by atoms with Gasteiger partial charge in [-0.3, -0.25) is 4.79 Å². The third kappa shape index (κ3) is 2.88. The Morgan fingerprint density at radius 1 is 1.35 bits per heavy atom. The zero-order valence-corrected chi connectivity index (χ0v) is 13.8. The second-order valence-corrected chi connectivity index (χ2v) is 7.32. The predicted octanol–water partition coefficient (Wildman–Crippen LogP) is 3.54. The van der Waals surface area contributed by atoms with E-state index < -0.39 is 0 Å². The van der Waals surface area contributed by atoms with E-state index >= 15 is 0 Å². The summed E-state index contributed by atoms with van der Waals surface area (Å²) in [5.41, 5.74) is 10.1. The second-order valence-electron chi connectivity index (χ2n) is 4.77. The van der Waals surface area contributed by atoms with E-state index in [1.165, 1.54) is 22.5 Å². The van der Waals surface area contributed by atoms with Crippen LogP contribution in [0, 0.1) is 13.8 Å². The molecule has 0 atom stereocenters. The zero-order valence-electron chi connectivity index (χ0n) is 12.2. The highest BCUT2D eigenvalue weighted by atomic mass is 32.2. The largest absolute Gasteiger partial charge is 0.392 e. The van der Waals surface area contributed by atoms with E-state index in [1.54, 1.807) is 18.7 Å². The second kappa shape index (κ2) is 5.97. The summed E-state index contributed by atoms with van der Waals surface area (Å²) < 4.78 is 3.14. The highest BCUT2D eigenvalue weighted by Crippen LogP contribution is 2.38. The average Bonchev–Trinajstić information content (AvgIpc) is 2.65. The fourth-order valence-electron chi connectivity index (χ4n) is 2.19. The molecule has 0 fully saturated rings. The number of anilines is 1. The summed E-state index contributed by atoms with van der Waals surface area (Å²) in [6.07, 6.45) is 4.10. The van der Waals surface area contributed by atoms with E-state index in [2.05, 4.69) is 39.2 Å². The van der Waals surface area contributed by atoms with Crippen molar-refractivity contribution in [3.05, 3.63) is 34.5 Å². The van der Waals surface area contributed by atoms with Gasteiger partial charge >= 0.3 is 0 Å². The number of ketones is 1. The number of nitrogens with zero attached hydrogens (tertiary/aromatic N) is 1. The van der Waals surface area contributed by atoms with Crippen LogP contribution in [0.1, 0.15) is 34.6 Å². The summed E-state index contributed by atoms with van der Waals surface area (Å²) in [5, 5.41) is 0. The molecule has 0 bridgehead atoms. The first kappa shape index (κ1) is 15.1. The number of thiophene rings is 1. The molecule has 0 unspecified atom stereocenters. The lowest BCUT2D eigenvalue weighted by atomic mass is 10.2. The molecule has 2 aromatic rings. The predicted molar refractivity (Wildman–Crippen MR) is 86.1 cm³/mol. The maximum Gasteiger partial charge on any atom is 0.259 e. The van der Waals surface area contributed by atoms with E-state index in [0.717, 1.165) is 15.6 Å². The lowest BCUT2D eigenvalue weighted by Gasteiger charge is -2.01. The van der Waals surface area contributed by atoms with Crippen molar-refractivity contribution in [2.75, 3.05) is 11.5 Å². The van der Waals surface area contributed by atoms with Gasteiger partial charge in [0, 0.05) is 18.1 Å².